The quantitative estimate of drug-likeness (QED) is 0.681. The standard InChI is InChI=1S/C23H29NO6/c1-6-10-30-23(26)19-13(2)24-15-8-7-9-16(25)21(15)20(19)14-11-17(27-3)22(29-5)18(12-14)28-4/h11-12,20,24H,6-10H2,1-5H3. The van der Waals surface area contributed by atoms with E-state index < -0.39 is 11.9 Å². The zero-order chi connectivity index (χ0) is 21.8. The molecule has 1 unspecified atom stereocenters. The van der Waals surface area contributed by atoms with Gasteiger partial charge in [-0.3, -0.25) is 4.79 Å². The first-order valence-electron chi connectivity index (χ1n) is 10.2. The summed E-state index contributed by atoms with van der Waals surface area (Å²) in [4.78, 5) is 26.0. The maximum Gasteiger partial charge on any atom is 0.336 e. The lowest BCUT2D eigenvalue weighted by molar-refractivity contribution is -0.139. The predicted octanol–water partition coefficient (Wildman–Crippen LogP) is 3.63. The van der Waals surface area contributed by atoms with Crippen LogP contribution in [0.2, 0.25) is 0 Å². The van der Waals surface area contributed by atoms with E-state index in [1.807, 2.05) is 13.8 Å². The average Bonchev–Trinajstić information content (AvgIpc) is 2.75. The molecule has 7 heteroatoms. The third-order valence-electron chi connectivity index (χ3n) is 5.45. The Morgan fingerprint density at radius 1 is 1.10 bits per heavy atom. The van der Waals surface area contributed by atoms with Gasteiger partial charge in [0.15, 0.2) is 17.3 Å². The number of carbonyl (C=O) groups excluding carboxylic acids is 2. The van der Waals surface area contributed by atoms with Crippen LogP contribution in [0.15, 0.2) is 34.7 Å². The van der Waals surface area contributed by atoms with E-state index in [0.717, 1.165) is 24.1 Å². The molecule has 30 heavy (non-hydrogen) atoms. The summed E-state index contributed by atoms with van der Waals surface area (Å²) in [6, 6.07) is 3.59. The van der Waals surface area contributed by atoms with Gasteiger partial charge in [-0.15, -0.1) is 0 Å². The molecule has 0 fully saturated rings. The first-order valence-corrected chi connectivity index (χ1v) is 10.2. The van der Waals surface area contributed by atoms with Gasteiger partial charge in [0.05, 0.1) is 33.5 Å². The molecule has 0 radical (unpaired) electrons. The lowest BCUT2D eigenvalue weighted by atomic mass is 9.75. The van der Waals surface area contributed by atoms with E-state index >= 15 is 0 Å². The van der Waals surface area contributed by atoms with Gasteiger partial charge in [-0.05, 0) is 43.9 Å². The van der Waals surface area contributed by atoms with Gasteiger partial charge in [-0.1, -0.05) is 6.92 Å². The van der Waals surface area contributed by atoms with Crippen molar-refractivity contribution in [2.24, 2.45) is 0 Å². The van der Waals surface area contributed by atoms with Gasteiger partial charge in [-0.2, -0.15) is 0 Å². The monoisotopic (exact) mass is 415 g/mol. The highest BCUT2D eigenvalue weighted by Crippen LogP contribution is 2.47. The molecule has 7 nitrogen and oxygen atoms in total. The molecule has 0 saturated heterocycles. The summed E-state index contributed by atoms with van der Waals surface area (Å²) in [6.45, 7) is 4.10. The summed E-state index contributed by atoms with van der Waals surface area (Å²) in [7, 11) is 4.61. The third kappa shape index (κ3) is 3.88. The van der Waals surface area contributed by atoms with E-state index in [4.69, 9.17) is 18.9 Å². The first-order chi connectivity index (χ1) is 14.5. The number of rotatable bonds is 7. The Bertz CT molecular complexity index is 889. The van der Waals surface area contributed by atoms with Crippen molar-refractivity contribution in [1.29, 1.82) is 0 Å². The second kappa shape index (κ2) is 9.24. The fraction of sp³-hybridized carbons (Fsp3) is 0.478. The minimum atomic E-state index is -0.563. The van der Waals surface area contributed by atoms with Crippen LogP contribution in [-0.2, 0) is 14.3 Å². The molecule has 1 aliphatic carbocycles. The number of hydrogen-bond donors (Lipinski definition) is 1. The number of esters is 1. The Morgan fingerprint density at radius 2 is 1.77 bits per heavy atom. The Hall–Kier alpha value is -2.96. The van der Waals surface area contributed by atoms with Gasteiger partial charge in [0.1, 0.15) is 0 Å². The van der Waals surface area contributed by atoms with Crippen LogP contribution in [0.1, 0.15) is 51.0 Å². The number of methoxy groups -OCH3 is 3. The highest BCUT2D eigenvalue weighted by molar-refractivity contribution is 6.03. The number of hydrogen-bond acceptors (Lipinski definition) is 7. The van der Waals surface area contributed by atoms with Crippen molar-refractivity contribution < 1.29 is 28.5 Å². The van der Waals surface area contributed by atoms with E-state index in [0.29, 0.717) is 53.5 Å². The number of ketones is 1. The molecule has 0 aromatic heterocycles. The van der Waals surface area contributed by atoms with Crippen molar-refractivity contribution in [1.82, 2.24) is 5.32 Å². The summed E-state index contributed by atoms with van der Waals surface area (Å²) in [5, 5.41) is 3.29. The molecule has 1 aliphatic heterocycles. The van der Waals surface area contributed by atoms with Gasteiger partial charge in [0, 0.05) is 29.3 Å². The van der Waals surface area contributed by atoms with Crippen molar-refractivity contribution >= 4 is 11.8 Å². The van der Waals surface area contributed by atoms with E-state index in [9.17, 15) is 9.59 Å². The van der Waals surface area contributed by atoms with Gasteiger partial charge >= 0.3 is 5.97 Å². The summed E-state index contributed by atoms with van der Waals surface area (Å²) < 4.78 is 21.9. The minimum Gasteiger partial charge on any atom is -0.493 e. The van der Waals surface area contributed by atoms with Crippen LogP contribution in [-0.4, -0.2) is 39.7 Å². The van der Waals surface area contributed by atoms with Crippen molar-refractivity contribution in [3.05, 3.63) is 40.2 Å². The minimum absolute atomic E-state index is 0.0378. The Balaban J connectivity index is 2.22. The van der Waals surface area contributed by atoms with Crippen LogP contribution in [0.5, 0.6) is 17.2 Å². The van der Waals surface area contributed by atoms with Gasteiger partial charge in [0.25, 0.3) is 0 Å². The van der Waals surface area contributed by atoms with Crippen LogP contribution < -0.4 is 19.5 Å². The SMILES string of the molecule is CCCOC(=O)C1=C(C)NC2=C(C(=O)CCC2)C1c1cc(OC)c(OC)c(OC)c1. The predicted molar refractivity (Wildman–Crippen MR) is 112 cm³/mol. The second-order valence-corrected chi connectivity index (χ2v) is 7.36. The van der Waals surface area contributed by atoms with Crippen LogP contribution in [0.4, 0.5) is 0 Å². The number of Topliss-reactive ketones (excluding diaryl/α,β-unsaturated/α-hetero) is 1. The van der Waals surface area contributed by atoms with E-state index in [1.54, 1.807) is 12.1 Å². The maximum atomic E-state index is 13.0. The highest BCUT2D eigenvalue weighted by Gasteiger charge is 2.39. The molecule has 1 atom stereocenters. The normalized spacial score (nSPS) is 18.6. The summed E-state index contributed by atoms with van der Waals surface area (Å²) >= 11 is 0. The fourth-order valence-corrected chi connectivity index (χ4v) is 4.13. The molecule has 0 amide bonds. The fourth-order valence-electron chi connectivity index (χ4n) is 4.13. The molecule has 3 rings (SSSR count). The number of allylic oxidation sites excluding steroid dienone is 3. The Morgan fingerprint density at radius 3 is 2.33 bits per heavy atom. The number of benzene rings is 1. The molecule has 1 aromatic rings. The molecule has 1 N–H and O–H groups in total. The third-order valence-corrected chi connectivity index (χ3v) is 5.45. The first kappa shape index (κ1) is 21.7. The van der Waals surface area contributed by atoms with Crippen LogP contribution in [0.3, 0.4) is 0 Å². The molecule has 162 valence electrons. The molecule has 1 aromatic carbocycles. The van der Waals surface area contributed by atoms with Gasteiger partial charge in [0.2, 0.25) is 5.75 Å². The van der Waals surface area contributed by atoms with Gasteiger partial charge in [-0.25, -0.2) is 4.79 Å². The molecule has 2 aliphatic rings. The maximum absolute atomic E-state index is 13.0. The lowest BCUT2D eigenvalue weighted by Crippen LogP contribution is -2.34. The molecule has 1 heterocycles. The molecular formula is C23H29NO6. The topological polar surface area (TPSA) is 83.1 Å². The van der Waals surface area contributed by atoms with E-state index in [-0.39, 0.29) is 5.78 Å². The van der Waals surface area contributed by atoms with Crippen molar-refractivity contribution in [2.45, 2.75) is 45.4 Å². The van der Waals surface area contributed by atoms with Crippen LogP contribution in [0, 0.1) is 0 Å². The lowest BCUT2D eigenvalue weighted by Gasteiger charge is -2.34. The highest BCUT2D eigenvalue weighted by atomic mass is 16.5. The average molecular weight is 415 g/mol. The van der Waals surface area contributed by atoms with Crippen LogP contribution >= 0.6 is 0 Å². The second-order valence-electron chi connectivity index (χ2n) is 7.36. The Kier molecular flexibility index (Phi) is 6.70. The number of carbonyl (C=O) groups is 2. The number of nitrogens with one attached hydrogen (secondary N) is 1. The van der Waals surface area contributed by atoms with Crippen molar-refractivity contribution in [3.8, 4) is 17.2 Å². The van der Waals surface area contributed by atoms with E-state index in [1.165, 1.54) is 21.3 Å². The summed E-state index contributed by atoms with van der Waals surface area (Å²) in [5.74, 6) is 0.440. The smallest absolute Gasteiger partial charge is 0.336 e. The molecule has 0 bridgehead atoms. The van der Waals surface area contributed by atoms with Crippen LogP contribution in [0.25, 0.3) is 0 Å². The van der Waals surface area contributed by atoms with E-state index in [2.05, 4.69) is 5.32 Å². The van der Waals surface area contributed by atoms with Crippen molar-refractivity contribution in [3.63, 3.8) is 0 Å². The Labute approximate surface area is 177 Å². The summed E-state index contributed by atoms with van der Waals surface area (Å²) in [6.07, 6.45) is 2.72. The van der Waals surface area contributed by atoms with Crippen molar-refractivity contribution in [2.75, 3.05) is 27.9 Å². The number of ether oxygens (including phenoxy) is 4. The zero-order valence-electron chi connectivity index (χ0n) is 18.2. The van der Waals surface area contributed by atoms with Gasteiger partial charge < -0.3 is 24.3 Å². The largest absolute Gasteiger partial charge is 0.493 e. The molecular weight excluding hydrogens is 386 g/mol. The number of dihydropyridines is 1. The molecule has 0 saturated carbocycles. The summed E-state index contributed by atoms with van der Waals surface area (Å²) in [5.41, 5.74) is 3.34. The zero-order valence-corrected chi connectivity index (χ0v) is 18.2. The molecule has 0 spiro atoms.